The highest BCUT2D eigenvalue weighted by Gasteiger charge is 2.17. The number of hydrogen-bond acceptors (Lipinski definition) is 2. The normalized spacial score (nSPS) is 12.6. The summed E-state index contributed by atoms with van der Waals surface area (Å²) in [6.45, 7) is 4.06. The molecule has 0 spiro atoms. The third-order valence-corrected chi connectivity index (χ3v) is 3.81. The Morgan fingerprint density at radius 1 is 0.900 bits per heavy atom. The number of aromatic nitrogens is 1. The van der Waals surface area contributed by atoms with Crippen LogP contribution in [-0.4, -0.2) is 10.1 Å². The second-order valence-electron chi connectivity index (χ2n) is 5.16. The first kappa shape index (κ1) is 12.8. The molecule has 3 rings (SSSR count). The zero-order chi connectivity index (χ0) is 14.1. The quantitative estimate of drug-likeness (QED) is 0.760. The van der Waals surface area contributed by atoms with Crippen LogP contribution < -0.4 is 0 Å². The molecule has 20 heavy (non-hydrogen) atoms. The van der Waals surface area contributed by atoms with Crippen LogP contribution in [0.5, 0.6) is 0 Å². The van der Waals surface area contributed by atoms with Crippen molar-refractivity contribution in [2.24, 2.45) is 0 Å². The lowest BCUT2D eigenvalue weighted by molar-refractivity contribution is 0.220. The number of hydrogen-bond donors (Lipinski definition) is 1. The van der Waals surface area contributed by atoms with Crippen LogP contribution in [0.2, 0.25) is 0 Å². The Kier molecular flexibility index (Phi) is 3.25. The highest BCUT2D eigenvalue weighted by molar-refractivity contribution is 5.85. The lowest BCUT2D eigenvalue weighted by atomic mass is 9.92. The van der Waals surface area contributed by atoms with Crippen molar-refractivity contribution in [3.63, 3.8) is 0 Å². The van der Waals surface area contributed by atoms with E-state index in [9.17, 15) is 5.11 Å². The van der Waals surface area contributed by atoms with Gasteiger partial charge in [-0.05, 0) is 35.9 Å². The summed E-state index contributed by atoms with van der Waals surface area (Å²) in [6.07, 6.45) is 2.95. The van der Waals surface area contributed by atoms with Gasteiger partial charge in [0.15, 0.2) is 0 Å². The van der Waals surface area contributed by atoms with E-state index in [-0.39, 0.29) is 0 Å². The van der Waals surface area contributed by atoms with Gasteiger partial charge in [0.1, 0.15) is 6.10 Å². The summed E-state index contributed by atoms with van der Waals surface area (Å²) in [5.41, 5.74) is 4.04. The summed E-state index contributed by atoms with van der Waals surface area (Å²) in [5, 5.41) is 12.9. The summed E-state index contributed by atoms with van der Waals surface area (Å²) in [7, 11) is 0. The summed E-state index contributed by atoms with van der Waals surface area (Å²) in [6, 6.07) is 14.1. The monoisotopic (exact) mass is 263 g/mol. The van der Waals surface area contributed by atoms with E-state index < -0.39 is 6.10 Å². The zero-order valence-electron chi connectivity index (χ0n) is 11.7. The average Bonchev–Trinajstić information content (AvgIpc) is 2.46. The van der Waals surface area contributed by atoms with Gasteiger partial charge in [-0.25, -0.2) is 0 Å². The largest absolute Gasteiger partial charge is 0.384 e. The molecule has 0 aliphatic carbocycles. The topological polar surface area (TPSA) is 33.1 Å². The van der Waals surface area contributed by atoms with Gasteiger partial charge >= 0.3 is 0 Å². The van der Waals surface area contributed by atoms with Gasteiger partial charge in [-0.3, -0.25) is 4.98 Å². The Morgan fingerprint density at radius 2 is 1.60 bits per heavy atom. The van der Waals surface area contributed by atoms with Gasteiger partial charge < -0.3 is 5.11 Å². The summed E-state index contributed by atoms with van der Waals surface area (Å²) >= 11 is 0. The Balaban J connectivity index is 2.21. The number of rotatable bonds is 2. The second-order valence-corrected chi connectivity index (χ2v) is 5.16. The predicted octanol–water partition coefficient (Wildman–Crippen LogP) is 3.93. The van der Waals surface area contributed by atoms with Gasteiger partial charge in [0.2, 0.25) is 0 Å². The molecule has 0 aliphatic rings. The first-order valence-electron chi connectivity index (χ1n) is 6.75. The minimum Gasteiger partial charge on any atom is -0.384 e. The molecule has 0 saturated carbocycles. The first-order valence-corrected chi connectivity index (χ1v) is 6.75. The molecule has 100 valence electrons. The molecule has 0 fully saturated rings. The number of pyridine rings is 1. The molecule has 2 nitrogen and oxygen atoms in total. The van der Waals surface area contributed by atoms with Crippen LogP contribution in [0, 0.1) is 13.8 Å². The van der Waals surface area contributed by atoms with E-state index >= 15 is 0 Å². The molecule has 1 unspecified atom stereocenters. The number of aliphatic hydroxyl groups is 1. The van der Waals surface area contributed by atoms with Crippen molar-refractivity contribution in [3.05, 3.63) is 77.1 Å². The molecule has 2 aromatic carbocycles. The highest BCUT2D eigenvalue weighted by atomic mass is 16.3. The predicted molar refractivity (Wildman–Crippen MR) is 81.7 cm³/mol. The van der Waals surface area contributed by atoms with Crippen LogP contribution in [0.3, 0.4) is 0 Å². The van der Waals surface area contributed by atoms with Crippen molar-refractivity contribution in [3.8, 4) is 0 Å². The van der Waals surface area contributed by atoms with E-state index in [2.05, 4.69) is 4.98 Å². The molecule has 0 aliphatic heterocycles. The second kappa shape index (κ2) is 5.06. The summed E-state index contributed by atoms with van der Waals surface area (Å²) in [4.78, 5) is 4.26. The van der Waals surface area contributed by atoms with Crippen molar-refractivity contribution >= 4 is 10.8 Å². The first-order chi connectivity index (χ1) is 9.68. The molecule has 0 amide bonds. The minimum atomic E-state index is -0.644. The molecule has 3 aromatic rings. The number of nitrogens with zero attached hydrogens (tertiary/aromatic N) is 1. The van der Waals surface area contributed by atoms with E-state index in [0.717, 1.165) is 33.0 Å². The van der Waals surface area contributed by atoms with Crippen molar-refractivity contribution in [2.45, 2.75) is 20.0 Å². The van der Waals surface area contributed by atoms with Crippen LogP contribution in [0.15, 0.2) is 54.9 Å². The van der Waals surface area contributed by atoms with Crippen LogP contribution >= 0.6 is 0 Å². The zero-order valence-corrected chi connectivity index (χ0v) is 11.7. The smallest absolute Gasteiger partial charge is 0.107 e. The van der Waals surface area contributed by atoms with Crippen LogP contribution in [0.25, 0.3) is 10.8 Å². The number of fused-ring (bicyclic) bond motifs is 1. The molecule has 0 bridgehead atoms. The standard InChI is InChI=1S/C18H17NO/c1-12-6-5-7-13(2)17(12)18(20)16-11-19-10-14-8-3-4-9-15(14)16/h3-11,18,20H,1-2H3. The molecular formula is C18H17NO. The van der Waals surface area contributed by atoms with Crippen LogP contribution in [-0.2, 0) is 0 Å². The lowest BCUT2D eigenvalue weighted by Crippen LogP contribution is -2.05. The van der Waals surface area contributed by atoms with E-state index in [4.69, 9.17) is 0 Å². The van der Waals surface area contributed by atoms with Crippen molar-refractivity contribution in [2.75, 3.05) is 0 Å². The Morgan fingerprint density at radius 3 is 2.35 bits per heavy atom. The third-order valence-electron chi connectivity index (χ3n) is 3.81. The fourth-order valence-corrected chi connectivity index (χ4v) is 2.77. The summed E-state index contributed by atoms with van der Waals surface area (Å²) in [5.74, 6) is 0. The summed E-state index contributed by atoms with van der Waals surface area (Å²) < 4.78 is 0. The maximum absolute atomic E-state index is 10.8. The minimum absolute atomic E-state index is 0.644. The van der Waals surface area contributed by atoms with Gasteiger partial charge in [0, 0.05) is 23.3 Å². The molecule has 1 atom stereocenters. The lowest BCUT2D eigenvalue weighted by Gasteiger charge is -2.18. The molecule has 1 heterocycles. The molecule has 1 N–H and O–H groups in total. The van der Waals surface area contributed by atoms with Crippen molar-refractivity contribution < 1.29 is 5.11 Å². The number of benzene rings is 2. The van der Waals surface area contributed by atoms with E-state index in [0.29, 0.717) is 0 Å². The van der Waals surface area contributed by atoms with Crippen LogP contribution in [0.1, 0.15) is 28.4 Å². The van der Waals surface area contributed by atoms with Crippen molar-refractivity contribution in [1.82, 2.24) is 4.98 Å². The number of aryl methyl sites for hydroxylation is 2. The van der Waals surface area contributed by atoms with Gasteiger partial charge in [0.25, 0.3) is 0 Å². The van der Waals surface area contributed by atoms with Gasteiger partial charge in [-0.2, -0.15) is 0 Å². The highest BCUT2D eigenvalue weighted by Crippen LogP contribution is 2.31. The Labute approximate surface area is 118 Å². The van der Waals surface area contributed by atoms with E-state index in [1.165, 1.54) is 0 Å². The fraction of sp³-hybridized carbons (Fsp3) is 0.167. The third kappa shape index (κ3) is 2.08. The van der Waals surface area contributed by atoms with Crippen molar-refractivity contribution in [1.29, 1.82) is 0 Å². The van der Waals surface area contributed by atoms with Gasteiger partial charge in [-0.1, -0.05) is 42.5 Å². The van der Waals surface area contributed by atoms with E-state index in [1.807, 2.05) is 62.5 Å². The Hall–Kier alpha value is -2.19. The SMILES string of the molecule is Cc1cccc(C)c1C(O)c1cncc2ccccc12. The van der Waals surface area contributed by atoms with E-state index in [1.54, 1.807) is 6.20 Å². The van der Waals surface area contributed by atoms with Gasteiger partial charge in [-0.15, -0.1) is 0 Å². The molecular weight excluding hydrogens is 246 g/mol. The average molecular weight is 263 g/mol. The Bertz CT molecular complexity index is 739. The fourth-order valence-electron chi connectivity index (χ4n) is 2.77. The molecule has 1 aromatic heterocycles. The molecule has 2 heteroatoms. The molecule has 0 radical (unpaired) electrons. The molecule has 0 saturated heterocycles. The maximum Gasteiger partial charge on any atom is 0.107 e. The number of aliphatic hydroxyl groups excluding tert-OH is 1. The maximum atomic E-state index is 10.8. The van der Waals surface area contributed by atoms with Crippen LogP contribution in [0.4, 0.5) is 0 Å². The van der Waals surface area contributed by atoms with Gasteiger partial charge in [0.05, 0.1) is 0 Å².